The Balaban J connectivity index is 2.75. The maximum Gasteiger partial charge on any atom is 0.332 e. The Labute approximate surface area is 93.3 Å². The molecule has 3 N–H and O–H groups in total. The Morgan fingerprint density at radius 2 is 2.20 bits per heavy atom. The van der Waals surface area contributed by atoms with Crippen LogP contribution in [0.25, 0.3) is 0 Å². The summed E-state index contributed by atoms with van der Waals surface area (Å²) in [5.74, 6) is 5.15. The number of halogens is 1. The predicted molar refractivity (Wildman–Crippen MR) is 58.5 cm³/mol. The van der Waals surface area contributed by atoms with Crippen molar-refractivity contribution in [1.29, 1.82) is 0 Å². The molecular formula is C10H13ClN2O2. The summed E-state index contributed by atoms with van der Waals surface area (Å²) in [5, 5.41) is 0.513. The number of ether oxygens (including phenoxy) is 1. The van der Waals surface area contributed by atoms with E-state index < -0.39 is 11.5 Å². The van der Waals surface area contributed by atoms with E-state index >= 15 is 0 Å². The standard InChI is InChI=1S/C10H13ClN2O2/c1-10(2,13-12)9(14)15-8-5-3-4-7(11)6-8/h3-6,13H,12H2,1-2H3. The van der Waals surface area contributed by atoms with Crippen molar-refractivity contribution in [1.82, 2.24) is 5.43 Å². The fourth-order valence-electron chi connectivity index (χ4n) is 0.824. The molecule has 0 radical (unpaired) electrons. The number of hydrogen-bond acceptors (Lipinski definition) is 4. The second-order valence-electron chi connectivity index (χ2n) is 3.62. The largest absolute Gasteiger partial charge is 0.425 e. The van der Waals surface area contributed by atoms with Gasteiger partial charge in [0, 0.05) is 5.02 Å². The van der Waals surface area contributed by atoms with Gasteiger partial charge in [-0.1, -0.05) is 17.7 Å². The van der Waals surface area contributed by atoms with Gasteiger partial charge in [-0.05, 0) is 32.0 Å². The number of hydrazine groups is 1. The molecule has 1 aromatic rings. The zero-order valence-electron chi connectivity index (χ0n) is 8.58. The molecule has 0 aliphatic carbocycles. The SMILES string of the molecule is CC(C)(NN)C(=O)Oc1cccc(Cl)c1. The molecule has 1 rings (SSSR count). The van der Waals surface area contributed by atoms with E-state index in [2.05, 4.69) is 5.43 Å². The first-order valence-electron chi connectivity index (χ1n) is 4.41. The predicted octanol–water partition coefficient (Wildman–Crippen LogP) is 1.49. The first-order valence-corrected chi connectivity index (χ1v) is 4.79. The quantitative estimate of drug-likeness (QED) is 0.356. The van der Waals surface area contributed by atoms with Gasteiger partial charge >= 0.3 is 5.97 Å². The summed E-state index contributed by atoms with van der Waals surface area (Å²) in [7, 11) is 0. The molecule has 0 fully saturated rings. The van der Waals surface area contributed by atoms with Crippen molar-refractivity contribution in [3.63, 3.8) is 0 Å². The van der Waals surface area contributed by atoms with Gasteiger partial charge in [0.1, 0.15) is 11.3 Å². The second kappa shape index (κ2) is 4.61. The van der Waals surface area contributed by atoms with Crippen LogP contribution in [-0.2, 0) is 4.79 Å². The van der Waals surface area contributed by atoms with E-state index in [0.29, 0.717) is 10.8 Å². The number of esters is 1. The van der Waals surface area contributed by atoms with Crippen molar-refractivity contribution in [2.75, 3.05) is 0 Å². The highest BCUT2D eigenvalue weighted by Gasteiger charge is 2.28. The van der Waals surface area contributed by atoms with Gasteiger partial charge in [-0.2, -0.15) is 0 Å². The number of rotatable bonds is 3. The molecule has 0 heterocycles. The maximum absolute atomic E-state index is 11.6. The highest BCUT2D eigenvalue weighted by Crippen LogP contribution is 2.18. The zero-order chi connectivity index (χ0) is 11.5. The monoisotopic (exact) mass is 228 g/mol. The van der Waals surface area contributed by atoms with Crippen LogP contribution in [0.1, 0.15) is 13.8 Å². The van der Waals surface area contributed by atoms with E-state index in [4.69, 9.17) is 22.2 Å². The van der Waals surface area contributed by atoms with Gasteiger partial charge < -0.3 is 4.74 Å². The molecule has 82 valence electrons. The topological polar surface area (TPSA) is 64.3 Å². The molecule has 0 saturated carbocycles. The first kappa shape index (κ1) is 12.0. The fourth-order valence-corrected chi connectivity index (χ4v) is 1.00. The molecule has 0 aromatic heterocycles. The van der Waals surface area contributed by atoms with Crippen LogP contribution >= 0.6 is 11.6 Å². The third kappa shape index (κ3) is 3.20. The summed E-state index contributed by atoms with van der Waals surface area (Å²) in [5.41, 5.74) is 1.44. The van der Waals surface area contributed by atoms with Crippen LogP contribution in [0.3, 0.4) is 0 Å². The average Bonchev–Trinajstić information content (AvgIpc) is 2.17. The summed E-state index contributed by atoms with van der Waals surface area (Å²) in [6.45, 7) is 3.25. The van der Waals surface area contributed by atoms with Crippen molar-refractivity contribution in [2.45, 2.75) is 19.4 Å². The number of benzene rings is 1. The summed E-state index contributed by atoms with van der Waals surface area (Å²) in [4.78, 5) is 11.6. The first-order chi connectivity index (χ1) is 6.95. The van der Waals surface area contributed by atoms with Crippen LogP contribution in [0.2, 0.25) is 5.02 Å². The van der Waals surface area contributed by atoms with Crippen LogP contribution in [-0.4, -0.2) is 11.5 Å². The molecule has 0 saturated heterocycles. The Morgan fingerprint density at radius 3 is 2.73 bits per heavy atom. The second-order valence-corrected chi connectivity index (χ2v) is 4.05. The van der Waals surface area contributed by atoms with Gasteiger partial charge in [-0.25, -0.2) is 10.2 Å². The summed E-state index contributed by atoms with van der Waals surface area (Å²) >= 11 is 5.74. The number of carbonyl (C=O) groups is 1. The molecular weight excluding hydrogens is 216 g/mol. The van der Waals surface area contributed by atoms with Crippen molar-refractivity contribution in [2.24, 2.45) is 5.84 Å². The van der Waals surface area contributed by atoms with E-state index in [1.165, 1.54) is 0 Å². The van der Waals surface area contributed by atoms with E-state index in [1.807, 2.05) is 0 Å². The maximum atomic E-state index is 11.6. The molecule has 0 amide bonds. The van der Waals surface area contributed by atoms with E-state index in [1.54, 1.807) is 38.1 Å². The van der Waals surface area contributed by atoms with Crippen LogP contribution in [0.4, 0.5) is 0 Å². The molecule has 0 aliphatic rings. The van der Waals surface area contributed by atoms with Gasteiger partial charge in [0.25, 0.3) is 0 Å². The Kier molecular flexibility index (Phi) is 3.68. The third-order valence-corrected chi connectivity index (χ3v) is 2.11. The lowest BCUT2D eigenvalue weighted by Gasteiger charge is -2.20. The van der Waals surface area contributed by atoms with Gasteiger partial charge in [0.15, 0.2) is 0 Å². The minimum absolute atomic E-state index is 0.399. The number of hydrogen-bond donors (Lipinski definition) is 2. The smallest absolute Gasteiger partial charge is 0.332 e. The van der Waals surface area contributed by atoms with E-state index in [9.17, 15) is 4.79 Å². The van der Waals surface area contributed by atoms with E-state index in [0.717, 1.165) is 0 Å². The molecule has 15 heavy (non-hydrogen) atoms. The number of carbonyl (C=O) groups excluding carboxylic acids is 1. The van der Waals surface area contributed by atoms with Crippen molar-refractivity contribution in [3.05, 3.63) is 29.3 Å². The zero-order valence-corrected chi connectivity index (χ0v) is 9.34. The van der Waals surface area contributed by atoms with Gasteiger partial charge in [0.2, 0.25) is 0 Å². The molecule has 0 spiro atoms. The highest BCUT2D eigenvalue weighted by atomic mass is 35.5. The highest BCUT2D eigenvalue weighted by molar-refractivity contribution is 6.30. The fraction of sp³-hybridized carbons (Fsp3) is 0.300. The number of nitrogens with one attached hydrogen (secondary N) is 1. The van der Waals surface area contributed by atoms with Crippen LogP contribution in [0.5, 0.6) is 5.75 Å². The molecule has 0 atom stereocenters. The normalized spacial score (nSPS) is 11.2. The minimum Gasteiger partial charge on any atom is -0.425 e. The molecule has 1 aromatic carbocycles. The lowest BCUT2D eigenvalue weighted by molar-refractivity contribution is -0.140. The third-order valence-electron chi connectivity index (χ3n) is 1.88. The number of nitrogens with two attached hydrogens (primary N) is 1. The minimum atomic E-state index is -0.928. The lowest BCUT2D eigenvalue weighted by atomic mass is 10.1. The molecule has 0 aliphatic heterocycles. The molecule has 4 nitrogen and oxygen atoms in total. The van der Waals surface area contributed by atoms with Gasteiger partial charge in [-0.3, -0.25) is 5.84 Å². The molecule has 0 bridgehead atoms. The Bertz CT molecular complexity index is 366. The van der Waals surface area contributed by atoms with E-state index in [-0.39, 0.29) is 0 Å². The summed E-state index contributed by atoms with van der Waals surface area (Å²) in [6.07, 6.45) is 0. The summed E-state index contributed by atoms with van der Waals surface area (Å²) in [6, 6.07) is 6.61. The van der Waals surface area contributed by atoms with Crippen molar-refractivity contribution < 1.29 is 9.53 Å². The van der Waals surface area contributed by atoms with Crippen molar-refractivity contribution >= 4 is 17.6 Å². The van der Waals surface area contributed by atoms with Crippen molar-refractivity contribution in [3.8, 4) is 5.75 Å². The molecule has 5 heteroatoms. The Morgan fingerprint density at radius 1 is 1.53 bits per heavy atom. The van der Waals surface area contributed by atoms with Crippen LogP contribution in [0.15, 0.2) is 24.3 Å². The van der Waals surface area contributed by atoms with Gasteiger partial charge in [0.05, 0.1) is 0 Å². The Hall–Kier alpha value is -1.10. The average molecular weight is 229 g/mol. The van der Waals surface area contributed by atoms with Crippen LogP contribution in [0, 0.1) is 0 Å². The van der Waals surface area contributed by atoms with Gasteiger partial charge in [-0.15, -0.1) is 0 Å². The lowest BCUT2D eigenvalue weighted by Crippen LogP contribution is -2.52. The summed E-state index contributed by atoms with van der Waals surface area (Å²) < 4.78 is 5.08. The molecule has 0 unspecified atom stereocenters. The van der Waals surface area contributed by atoms with Crippen LogP contribution < -0.4 is 16.0 Å².